The van der Waals surface area contributed by atoms with Gasteiger partial charge in [0.25, 0.3) is 0 Å². The van der Waals surface area contributed by atoms with Crippen LogP contribution in [0.15, 0.2) is 23.7 Å². The zero-order chi connectivity index (χ0) is 15.2. The number of rotatable bonds is 4. The standard InChI is InChI=1S/C18H30O3/c1-3-17(13-5-9-15(19)10-6-13)21-18(4-2)14-7-11-16(20)12-8-14/h3-4,13-16,19-20H,5-12H2,1-2H3. The molecule has 2 aliphatic rings. The van der Waals surface area contributed by atoms with Crippen molar-refractivity contribution in [2.45, 2.75) is 77.4 Å². The van der Waals surface area contributed by atoms with Crippen LogP contribution in [-0.2, 0) is 4.74 Å². The molecule has 0 aromatic heterocycles. The minimum atomic E-state index is -0.125. The van der Waals surface area contributed by atoms with E-state index in [1.54, 1.807) is 0 Å². The van der Waals surface area contributed by atoms with E-state index in [1.165, 1.54) is 0 Å². The molecule has 0 aliphatic heterocycles. The van der Waals surface area contributed by atoms with Crippen LogP contribution in [0.25, 0.3) is 0 Å². The third-order valence-electron chi connectivity index (χ3n) is 5.00. The predicted molar refractivity (Wildman–Crippen MR) is 84.5 cm³/mol. The van der Waals surface area contributed by atoms with Gasteiger partial charge < -0.3 is 14.9 Å². The molecule has 0 aromatic rings. The fourth-order valence-corrected chi connectivity index (χ4v) is 3.61. The van der Waals surface area contributed by atoms with Crippen molar-refractivity contribution in [1.82, 2.24) is 0 Å². The Morgan fingerprint density at radius 2 is 1.05 bits per heavy atom. The third-order valence-corrected chi connectivity index (χ3v) is 5.00. The molecule has 0 radical (unpaired) electrons. The zero-order valence-electron chi connectivity index (χ0n) is 13.4. The molecule has 0 amide bonds. The maximum atomic E-state index is 9.64. The molecule has 2 fully saturated rings. The number of allylic oxidation sites excluding steroid dienone is 4. The first kappa shape index (κ1) is 16.6. The number of aliphatic hydroxyl groups is 2. The molecule has 0 unspecified atom stereocenters. The van der Waals surface area contributed by atoms with Crippen molar-refractivity contribution in [3.63, 3.8) is 0 Å². The fraction of sp³-hybridized carbons (Fsp3) is 0.778. The van der Waals surface area contributed by atoms with Gasteiger partial charge in [0, 0.05) is 11.8 Å². The summed E-state index contributed by atoms with van der Waals surface area (Å²) < 4.78 is 6.26. The quantitative estimate of drug-likeness (QED) is 0.773. The number of aliphatic hydroxyl groups excluding tert-OH is 2. The van der Waals surface area contributed by atoms with Gasteiger partial charge in [0.05, 0.1) is 12.2 Å². The zero-order valence-corrected chi connectivity index (χ0v) is 13.4. The number of hydrogen-bond acceptors (Lipinski definition) is 3. The first-order valence-corrected chi connectivity index (χ1v) is 8.50. The monoisotopic (exact) mass is 294 g/mol. The summed E-state index contributed by atoms with van der Waals surface area (Å²) in [7, 11) is 0. The van der Waals surface area contributed by atoms with Gasteiger partial charge in [-0.25, -0.2) is 0 Å². The van der Waals surface area contributed by atoms with Crippen LogP contribution in [0.4, 0.5) is 0 Å². The Bertz CT molecular complexity index is 334. The van der Waals surface area contributed by atoms with Gasteiger partial charge in [-0.2, -0.15) is 0 Å². The van der Waals surface area contributed by atoms with E-state index in [0.717, 1.165) is 62.9 Å². The van der Waals surface area contributed by atoms with E-state index < -0.39 is 0 Å². The summed E-state index contributed by atoms with van der Waals surface area (Å²) in [6, 6.07) is 0. The van der Waals surface area contributed by atoms with E-state index in [-0.39, 0.29) is 12.2 Å². The van der Waals surface area contributed by atoms with Crippen molar-refractivity contribution in [3.8, 4) is 0 Å². The summed E-state index contributed by atoms with van der Waals surface area (Å²) in [5, 5.41) is 19.3. The summed E-state index contributed by atoms with van der Waals surface area (Å²) in [4.78, 5) is 0. The third kappa shape index (κ3) is 4.58. The van der Waals surface area contributed by atoms with Gasteiger partial charge in [-0.15, -0.1) is 0 Å². The van der Waals surface area contributed by atoms with Crippen molar-refractivity contribution in [2.75, 3.05) is 0 Å². The van der Waals surface area contributed by atoms with E-state index in [2.05, 4.69) is 12.2 Å². The molecular formula is C18H30O3. The van der Waals surface area contributed by atoms with Crippen LogP contribution in [0.2, 0.25) is 0 Å². The first-order chi connectivity index (χ1) is 10.1. The smallest absolute Gasteiger partial charge is 0.102 e. The fourth-order valence-electron chi connectivity index (χ4n) is 3.61. The number of hydrogen-bond donors (Lipinski definition) is 2. The Hall–Kier alpha value is -0.800. The maximum Gasteiger partial charge on any atom is 0.102 e. The molecule has 120 valence electrons. The largest absolute Gasteiger partial charge is 0.466 e. The molecule has 0 bridgehead atoms. The Kier molecular flexibility index (Phi) is 6.31. The van der Waals surface area contributed by atoms with Crippen molar-refractivity contribution in [1.29, 1.82) is 0 Å². The summed E-state index contributed by atoms with van der Waals surface area (Å²) in [6.07, 6.45) is 11.5. The lowest BCUT2D eigenvalue weighted by atomic mass is 9.84. The van der Waals surface area contributed by atoms with E-state index in [1.807, 2.05) is 13.8 Å². The van der Waals surface area contributed by atoms with Crippen LogP contribution in [0.3, 0.4) is 0 Å². The van der Waals surface area contributed by atoms with Gasteiger partial charge in [-0.3, -0.25) is 0 Å². The Morgan fingerprint density at radius 1 is 0.714 bits per heavy atom. The van der Waals surface area contributed by atoms with Crippen LogP contribution >= 0.6 is 0 Å². The highest BCUT2D eigenvalue weighted by Gasteiger charge is 2.27. The molecule has 0 heterocycles. The van der Waals surface area contributed by atoms with Gasteiger partial charge in [0.2, 0.25) is 0 Å². The normalized spacial score (nSPS) is 35.6. The van der Waals surface area contributed by atoms with Gasteiger partial charge in [-0.1, -0.05) is 0 Å². The van der Waals surface area contributed by atoms with Gasteiger partial charge in [-0.05, 0) is 77.4 Å². The SMILES string of the molecule is CC=C(OC(=CC)C1CCC(O)CC1)C1CCC(O)CC1. The molecule has 2 rings (SSSR count). The molecule has 2 aliphatic carbocycles. The van der Waals surface area contributed by atoms with Crippen molar-refractivity contribution in [3.05, 3.63) is 23.7 Å². The molecule has 0 spiro atoms. The minimum Gasteiger partial charge on any atom is -0.466 e. The van der Waals surface area contributed by atoms with E-state index >= 15 is 0 Å². The molecule has 0 saturated heterocycles. The summed E-state index contributed by atoms with van der Waals surface area (Å²) in [5.74, 6) is 3.03. The van der Waals surface area contributed by atoms with Gasteiger partial charge in [0.1, 0.15) is 11.5 Å². The molecule has 2 saturated carbocycles. The highest BCUT2D eigenvalue weighted by Crippen LogP contribution is 2.36. The topological polar surface area (TPSA) is 49.7 Å². The van der Waals surface area contributed by atoms with Gasteiger partial charge >= 0.3 is 0 Å². The average molecular weight is 294 g/mol. The lowest BCUT2D eigenvalue weighted by molar-refractivity contribution is 0.0846. The number of ether oxygens (including phenoxy) is 1. The highest BCUT2D eigenvalue weighted by molar-refractivity contribution is 5.08. The van der Waals surface area contributed by atoms with Gasteiger partial charge in [0.15, 0.2) is 0 Å². The molecular weight excluding hydrogens is 264 g/mol. The lowest BCUT2D eigenvalue weighted by Gasteiger charge is -2.31. The summed E-state index contributed by atoms with van der Waals surface area (Å²) in [6.45, 7) is 4.08. The van der Waals surface area contributed by atoms with E-state index in [4.69, 9.17) is 4.74 Å². The lowest BCUT2D eigenvalue weighted by Crippen LogP contribution is -2.23. The maximum absolute atomic E-state index is 9.64. The van der Waals surface area contributed by atoms with Crippen LogP contribution in [0.1, 0.15) is 65.2 Å². The second kappa shape index (κ2) is 8.00. The Balaban J connectivity index is 1.93. The Morgan fingerprint density at radius 3 is 1.33 bits per heavy atom. The highest BCUT2D eigenvalue weighted by atomic mass is 16.5. The predicted octanol–water partition coefficient (Wildman–Crippen LogP) is 3.91. The van der Waals surface area contributed by atoms with Crippen molar-refractivity contribution in [2.24, 2.45) is 11.8 Å². The molecule has 3 heteroatoms. The average Bonchev–Trinajstić information content (AvgIpc) is 2.51. The second-order valence-electron chi connectivity index (χ2n) is 6.50. The summed E-state index contributed by atoms with van der Waals surface area (Å²) in [5.41, 5.74) is 0. The van der Waals surface area contributed by atoms with Crippen LogP contribution < -0.4 is 0 Å². The first-order valence-electron chi connectivity index (χ1n) is 8.50. The molecule has 2 N–H and O–H groups in total. The van der Waals surface area contributed by atoms with Crippen LogP contribution in [-0.4, -0.2) is 22.4 Å². The van der Waals surface area contributed by atoms with E-state index in [0.29, 0.717) is 11.8 Å². The molecule has 21 heavy (non-hydrogen) atoms. The van der Waals surface area contributed by atoms with E-state index in [9.17, 15) is 10.2 Å². The second-order valence-corrected chi connectivity index (χ2v) is 6.50. The Labute approximate surface area is 128 Å². The van der Waals surface area contributed by atoms with Crippen molar-refractivity contribution < 1.29 is 14.9 Å². The summed E-state index contributed by atoms with van der Waals surface area (Å²) >= 11 is 0. The minimum absolute atomic E-state index is 0.125. The molecule has 3 nitrogen and oxygen atoms in total. The molecule has 0 atom stereocenters. The van der Waals surface area contributed by atoms with Crippen molar-refractivity contribution >= 4 is 0 Å². The van der Waals surface area contributed by atoms with Crippen LogP contribution in [0, 0.1) is 11.8 Å². The van der Waals surface area contributed by atoms with Crippen LogP contribution in [0.5, 0.6) is 0 Å². The molecule has 0 aromatic carbocycles.